The highest BCUT2D eigenvalue weighted by Crippen LogP contribution is 2.24. The van der Waals surface area contributed by atoms with Crippen molar-refractivity contribution in [3.8, 4) is 11.3 Å². The molecule has 0 atom stereocenters. The molecule has 0 aliphatic carbocycles. The van der Waals surface area contributed by atoms with E-state index >= 15 is 0 Å². The molecule has 2 N–H and O–H groups in total. The van der Waals surface area contributed by atoms with E-state index in [4.69, 9.17) is 4.42 Å². The Bertz CT molecular complexity index is 1100. The van der Waals surface area contributed by atoms with E-state index in [0.29, 0.717) is 5.69 Å². The van der Waals surface area contributed by atoms with Gasteiger partial charge in [0.25, 0.3) is 0 Å². The molecule has 2 aromatic carbocycles. The Hall–Kier alpha value is -3.07. The van der Waals surface area contributed by atoms with Crippen LogP contribution in [0.3, 0.4) is 0 Å². The molecule has 9 heteroatoms. The van der Waals surface area contributed by atoms with Crippen molar-refractivity contribution in [2.75, 3.05) is 11.9 Å². The summed E-state index contributed by atoms with van der Waals surface area (Å²) in [5, 5.41) is 5.48. The molecular formula is C22H20BrF2N3O3. The number of nitrogens with one attached hydrogen (secondary N) is 2. The van der Waals surface area contributed by atoms with Gasteiger partial charge in [-0.05, 0) is 36.8 Å². The minimum atomic E-state index is -0.753. The lowest BCUT2D eigenvalue weighted by Gasteiger charge is -2.09. The standard InChI is InChI=1S/C22H20BrF2N3O3/c1-13-2-3-14(23)10-18(13)28-21(30)8-9-26-20(29)6-7-22-27-12-19(31-22)16-5-4-15(24)11-17(16)25/h2-5,10-12H,6-9H2,1H3,(H,26,29)(H,28,30). The summed E-state index contributed by atoms with van der Waals surface area (Å²) in [6, 6.07) is 8.75. The summed E-state index contributed by atoms with van der Waals surface area (Å²) < 4.78 is 33.1. The van der Waals surface area contributed by atoms with Crippen LogP contribution in [0.1, 0.15) is 24.3 Å². The highest BCUT2D eigenvalue weighted by molar-refractivity contribution is 9.10. The first kappa shape index (κ1) is 22.6. The zero-order valence-corrected chi connectivity index (χ0v) is 18.3. The van der Waals surface area contributed by atoms with Gasteiger partial charge in [-0.2, -0.15) is 0 Å². The van der Waals surface area contributed by atoms with Gasteiger partial charge in [-0.25, -0.2) is 13.8 Å². The Kier molecular flexibility index (Phi) is 7.51. The number of amides is 2. The largest absolute Gasteiger partial charge is 0.441 e. The fourth-order valence-corrected chi connectivity index (χ4v) is 3.17. The lowest BCUT2D eigenvalue weighted by Crippen LogP contribution is -2.27. The molecule has 3 rings (SSSR count). The predicted molar refractivity (Wildman–Crippen MR) is 115 cm³/mol. The molecule has 3 aromatic rings. The summed E-state index contributed by atoms with van der Waals surface area (Å²) in [5.74, 6) is -1.49. The van der Waals surface area contributed by atoms with E-state index in [9.17, 15) is 18.4 Å². The van der Waals surface area contributed by atoms with Crippen molar-refractivity contribution < 1.29 is 22.8 Å². The molecule has 162 valence electrons. The normalized spacial score (nSPS) is 10.7. The molecular weight excluding hydrogens is 472 g/mol. The lowest BCUT2D eigenvalue weighted by molar-refractivity contribution is -0.121. The summed E-state index contributed by atoms with van der Waals surface area (Å²) in [6.07, 6.45) is 1.76. The number of halogens is 3. The Labute approximate surface area is 186 Å². The second-order valence-corrected chi connectivity index (χ2v) is 7.77. The number of benzene rings is 2. The van der Waals surface area contributed by atoms with Gasteiger partial charge >= 0.3 is 0 Å². The minimum absolute atomic E-state index is 0.0938. The quantitative estimate of drug-likeness (QED) is 0.475. The Balaban J connectivity index is 1.42. The molecule has 0 spiro atoms. The summed E-state index contributed by atoms with van der Waals surface area (Å²) >= 11 is 3.36. The molecule has 2 amide bonds. The molecule has 0 saturated carbocycles. The van der Waals surface area contributed by atoms with E-state index in [1.807, 2.05) is 25.1 Å². The molecule has 6 nitrogen and oxygen atoms in total. The molecule has 0 aliphatic rings. The van der Waals surface area contributed by atoms with Gasteiger partial charge in [0.1, 0.15) is 11.6 Å². The van der Waals surface area contributed by atoms with Crippen molar-refractivity contribution in [3.05, 3.63) is 70.2 Å². The first-order valence-corrected chi connectivity index (χ1v) is 10.3. The van der Waals surface area contributed by atoms with Crippen LogP contribution in [0.5, 0.6) is 0 Å². The zero-order chi connectivity index (χ0) is 22.4. The monoisotopic (exact) mass is 491 g/mol. The van der Waals surface area contributed by atoms with Gasteiger partial charge in [0, 0.05) is 42.0 Å². The molecule has 1 aromatic heterocycles. The number of aromatic nitrogens is 1. The van der Waals surface area contributed by atoms with Crippen molar-refractivity contribution in [1.29, 1.82) is 0 Å². The molecule has 0 unspecified atom stereocenters. The van der Waals surface area contributed by atoms with Crippen LogP contribution >= 0.6 is 15.9 Å². The Morgan fingerprint density at radius 2 is 1.90 bits per heavy atom. The fraction of sp³-hybridized carbons (Fsp3) is 0.227. The zero-order valence-electron chi connectivity index (χ0n) is 16.7. The van der Waals surface area contributed by atoms with Crippen molar-refractivity contribution in [3.63, 3.8) is 0 Å². The van der Waals surface area contributed by atoms with E-state index in [-0.39, 0.29) is 54.8 Å². The lowest BCUT2D eigenvalue weighted by atomic mass is 10.2. The number of rotatable bonds is 8. The summed E-state index contributed by atoms with van der Waals surface area (Å²) in [4.78, 5) is 28.1. The van der Waals surface area contributed by atoms with Crippen LogP contribution in [0.15, 0.2) is 51.5 Å². The first-order chi connectivity index (χ1) is 14.8. The minimum Gasteiger partial charge on any atom is -0.441 e. The highest BCUT2D eigenvalue weighted by Gasteiger charge is 2.13. The topological polar surface area (TPSA) is 84.2 Å². The molecule has 1 heterocycles. The van der Waals surface area contributed by atoms with Gasteiger partial charge in [-0.3, -0.25) is 9.59 Å². The van der Waals surface area contributed by atoms with Gasteiger partial charge in [0.15, 0.2) is 11.7 Å². The predicted octanol–water partition coefficient (Wildman–Crippen LogP) is 4.77. The van der Waals surface area contributed by atoms with Crippen LogP contribution < -0.4 is 10.6 Å². The van der Waals surface area contributed by atoms with Crippen LogP contribution in [0.4, 0.5) is 14.5 Å². The third-order valence-corrected chi connectivity index (χ3v) is 4.96. The van der Waals surface area contributed by atoms with E-state index < -0.39 is 11.6 Å². The Morgan fingerprint density at radius 3 is 2.68 bits per heavy atom. The van der Waals surface area contributed by atoms with Gasteiger partial charge < -0.3 is 15.1 Å². The van der Waals surface area contributed by atoms with Gasteiger partial charge in [-0.1, -0.05) is 22.0 Å². The van der Waals surface area contributed by atoms with E-state index in [1.54, 1.807) is 0 Å². The van der Waals surface area contributed by atoms with Gasteiger partial charge in [-0.15, -0.1) is 0 Å². The summed E-state index contributed by atoms with van der Waals surface area (Å²) in [6.45, 7) is 2.08. The molecule has 0 bridgehead atoms. The smallest absolute Gasteiger partial charge is 0.226 e. The van der Waals surface area contributed by atoms with Gasteiger partial charge in [0.05, 0.1) is 11.8 Å². The van der Waals surface area contributed by atoms with Crippen molar-refractivity contribution in [2.24, 2.45) is 0 Å². The number of hydrogen-bond donors (Lipinski definition) is 2. The van der Waals surface area contributed by atoms with Crippen LogP contribution in [0.25, 0.3) is 11.3 Å². The third kappa shape index (κ3) is 6.45. The average molecular weight is 492 g/mol. The van der Waals surface area contributed by atoms with Crippen LogP contribution in [-0.4, -0.2) is 23.3 Å². The van der Waals surface area contributed by atoms with E-state index in [0.717, 1.165) is 22.2 Å². The molecule has 0 fully saturated rings. The average Bonchev–Trinajstić information content (AvgIpc) is 3.18. The second-order valence-electron chi connectivity index (χ2n) is 6.85. The van der Waals surface area contributed by atoms with Crippen molar-refractivity contribution in [2.45, 2.75) is 26.2 Å². The van der Waals surface area contributed by atoms with E-state index in [1.165, 1.54) is 12.3 Å². The second kappa shape index (κ2) is 10.3. The van der Waals surface area contributed by atoms with E-state index in [2.05, 4.69) is 31.5 Å². The van der Waals surface area contributed by atoms with Crippen LogP contribution in [0, 0.1) is 18.6 Å². The number of carbonyl (C=O) groups is 2. The number of hydrogen-bond acceptors (Lipinski definition) is 4. The molecule has 0 radical (unpaired) electrons. The summed E-state index contributed by atoms with van der Waals surface area (Å²) in [7, 11) is 0. The number of anilines is 1. The molecule has 31 heavy (non-hydrogen) atoms. The maximum Gasteiger partial charge on any atom is 0.226 e. The Morgan fingerprint density at radius 1 is 1.10 bits per heavy atom. The third-order valence-electron chi connectivity index (χ3n) is 4.46. The first-order valence-electron chi connectivity index (χ1n) is 9.54. The maximum atomic E-state index is 13.8. The molecule has 0 aliphatic heterocycles. The SMILES string of the molecule is Cc1ccc(Br)cc1NC(=O)CCNC(=O)CCc1ncc(-c2ccc(F)cc2F)o1. The fourth-order valence-electron chi connectivity index (χ4n) is 2.81. The summed E-state index contributed by atoms with van der Waals surface area (Å²) in [5.41, 5.74) is 1.74. The van der Waals surface area contributed by atoms with Crippen LogP contribution in [0.2, 0.25) is 0 Å². The number of oxazole rings is 1. The number of carbonyl (C=O) groups excluding carboxylic acids is 2. The van der Waals surface area contributed by atoms with Crippen molar-refractivity contribution in [1.82, 2.24) is 10.3 Å². The highest BCUT2D eigenvalue weighted by atomic mass is 79.9. The van der Waals surface area contributed by atoms with Gasteiger partial charge in [0.2, 0.25) is 11.8 Å². The molecule has 0 saturated heterocycles. The number of nitrogens with zero attached hydrogens (tertiary/aromatic N) is 1. The van der Waals surface area contributed by atoms with Crippen molar-refractivity contribution >= 4 is 33.4 Å². The number of aryl methyl sites for hydroxylation is 2. The van der Waals surface area contributed by atoms with Crippen LogP contribution in [-0.2, 0) is 16.0 Å². The maximum absolute atomic E-state index is 13.8.